The summed E-state index contributed by atoms with van der Waals surface area (Å²) < 4.78 is 14.6. The first kappa shape index (κ1) is 10.7. The van der Waals surface area contributed by atoms with Crippen LogP contribution >= 0.6 is 0 Å². The lowest BCUT2D eigenvalue weighted by Crippen LogP contribution is -2.00. The van der Waals surface area contributed by atoms with Gasteiger partial charge in [0.05, 0.1) is 5.69 Å². The number of hydrogen-bond donors (Lipinski definition) is 1. The van der Waals surface area contributed by atoms with Crippen LogP contribution in [0.5, 0.6) is 0 Å². The van der Waals surface area contributed by atoms with Crippen molar-refractivity contribution in [2.45, 2.75) is 19.9 Å². The smallest absolute Gasteiger partial charge is 0.123 e. The number of benzene rings is 1. The number of nitrogen functional groups attached to an aromatic ring is 1. The van der Waals surface area contributed by atoms with Gasteiger partial charge in [0.2, 0.25) is 0 Å². The molecule has 16 heavy (non-hydrogen) atoms. The second-order valence-electron chi connectivity index (χ2n) is 4.01. The van der Waals surface area contributed by atoms with E-state index < -0.39 is 0 Å². The van der Waals surface area contributed by atoms with Gasteiger partial charge in [0.15, 0.2) is 0 Å². The lowest BCUT2D eigenvalue weighted by molar-refractivity contribution is 0.534. The third-order valence-corrected chi connectivity index (χ3v) is 2.41. The van der Waals surface area contributed by atoms with Crippen molar-refractivity contribution in [1.82, 2.24) is 9.78 Å². The van der Waals surface area contributed by atoms with Gasteiger partial charge in [0, 0.05) is 17.8 Å². The van der Waals surface area contributed by atoms with E-state index >= 15 is 0 Å². The number of rotatable bonds is 2. The minimum atomic E-state index is -0.259. The molecule has 0 aliphatic heterocycles. The molecule has 0 radical (unpaired) electrons. The van der Waals surface area contributed by atoms with Crippen molar-refractivity contribution < 1.29 is 4.39 Å². The number of halogens is 1. The van der Waals surface area contributed by atoms with Crippen LogP contribution in [0.3, 0.4) is 0 Å². The maximum Gasteiger partial charge on any atom is 0.123 e. The summed E-state index contributed by atoms with van der Waals surface area (Å²) >= 11 is 0. The fraction of sp³-hybridized carbons (Fsp3) is 0.250. The highest BCUT2D eigenvalue weighted by Crippen LogP contribution is 2.25. The van der Waals surface area contributed by atoms with Crippen LogP contribution in [0, 0.1) is 5.82 Å². The van der Waals surface area contributed by atoms with Crippen LogP contribution in [0.25, 0.3) is 11.3 Å². The molecule has 0 amide bonds. The average Bonchev–Trinajstić information content (AvgIpc) is 2.62. The molecule has 2 N–H and O–H groups in total. The molecule has 3 nitrogen and oxygen atoms in total. The van der Waals surface area contributed by atoms with E-state index in [-0.39, 0.29) is 11.9 Å². The van der Waals surface area contributed by atoms with E-state index in [2.05, 4.69) is 5.10 Å². The summed E-state index contributed by atoms with van der Waals surface area (Å²) in [7, 11) is 0. The van der Waals surface area contributed by atoms with E-state index in [0.717, 1.165) is 5.56 Å². The molecule has 0 fully saturated rings. The van der Waals surface area contributed by atoms with Gasteiger partial charge in [-0.1, -0.05) is 0 Å². The molecule has 2 rings (SSSR count). The lowest BCUT2D eigenvalue weighted by atomic mass is 10.1. The zero-order valence-corrected chi connectivity index (χ0v) is 9.31. The molecule has 0 unspecified atom stereocenters. The van der Waals surface area contributed by atoms with Crippen LogP contribution in [0.4, 0.5) is 10.1 Å². The molecule has 4 heteroatoms. The van der Waals surface area contributed by atoms with Crippen LogP contribution < -0.4 is 5.73 Å². The van der Waals surface area contributed by atoms with Crippen LogP contribution in [0.15, 0.2) is 30.5 Å². The summed E-state index contributed by atoms with van der Waals surface area (Å²) in [6, 6.07) is 6.43. The highest BCUT2D eigenvalue weighted by Gasteiger charge is 2.09. The topological polar surface area (TPSA) is 43.8 Å². The predicted molar refractivity (Wildman–Crippen MR) is 62.4 cm³/mol. The van der Waals surface area contributed by atoms with E-state index in [1.807, 2.05) is 13.8 Å². The summed E-state index contributed by atoms with van der Waals surface area (Å²) in [5, 5.41) is 4.38. The standard InChI is InChI=1S/C12H14FN3/c1-8(2)16-7-11(14)12(15-16)9-3-5-10(13)6-4-9/h3-8H,14H2,1-2H3. The molecule has 2 aromatic rings. The van der Waals surface area contributed by atoms with Crippen LogP contribution in [0.2, 0.25) is 0 Å². The van der Waals surface area contributed by atoms with Gasteiger partial charge < -0.3 is 5.73 Å². The number of anilines is 1. The summed E-state index contributed by atoms with van der Waals surface area (Å²) in [6.45, 7) is 4.06. The maximum absolute atomic E-state index is 12.8. The Kier molecular flexibility index (Phi) is 2.64. The lowest BCUT2D eigenvalue weighted by Gasteiger charge is -2.03. The molecule has 1 aromatic heterocycles. The van der Waals surface area contributed by atoms with Gasteiger partial charge in [-0.3, -0.25) is 4.68 Å². The van der Waals surface area contributed by atoms with E-state index in [1.54, 1.807) is 23.0 Å². The van der Waals surface area contributed by atoms with Crippen molar-refractivity contribution in [3.63, 3.8) is 0 Å². The number of nitrogens with zero attached hydrogens (tertiary/aromatic N) is 2. The summed E-state index contributed by atoms with van der Waals surface area (Å²) in [6.07, 6.45) is 1.79. The fourth-order valence-electron chi connectivity index (χ4n) is 1.50. The highest BCUT2D eigenvalue weighted by atomic mass is 19.1. The van der Waals surface area contributed by atoms with Gasteiger partial charge in [-0.25, -0.2) is 4.39 Å². The van der Waals surface area contributed by atoms with Crippen LogP contribution in [-0.2, 0) is 0 Å². The Hall–Kier alpha value is -1.84. The Bertz CT molecular complexity index is 485. The maximum atomic E-state index is 12.8. The molecule has 0 aliphatic rings. The molecular weight excluding hydrogens is 205 g/mol. The SMILES string of the molecule is CC(C)n1cc(N)c(-c2ccc(F)cc2)n1. The first-order valence-corrected chi connectivity index (χ1v) is 5.18. The second kappa shape index (κ2) is 3.96. The Morgan fingerprint density at radius 3 is 2.38 bits per heavy atom. The average molecular weight is 219 g/mol. The summed E-state index contributed by atoms with van der Waals surface area (Å²) in [5.41, 5.74) is 8.02. The predicted octanol–water partition coefficient (Wildman–Crippen LogP) is 2.85. The monoisotopic (exact) mass is 219 g/mol. The third kappa shape index (κ3) is 1.91. The molecule has 0 aliphatic carbocycles. The molecule has 0 spiro atoms. The number of nitrogens with two attached hydrogens (primary N) is 1. The van der Waals surface area contributed by atoms with E-state index in [4.69, 9.17) is 5.73 Å². The van der Waals surface area contributed by atoms with E-state index in [1.165, 1.54) is 12.1 Å². The molecule has 1 heterocycles. The van der Waals surface area contributed by atoms with E-state index in [0.29, 0.717) is 11.4 Å². The minimum absolute atomic E-state index is 0.259. The highest BCUT2D eigenvalue weighted by molar-refractivity contribution is 5.71. The Labute approximate surface area is 93.7 Å². The summed E-state index contributed by atoms with van der Waals surface area (Å²) in [5.74, 6) is -0.259. The third-order valence-electron chi connectivity index (χ3n) is 2.41. The Morgan fingerprint density at radius 2 is 1.88 bits per heavy atom. The van der Waals surface area contributed by atoms with Crippen molar-refractivity contribution in [2.75, 3.05) is 5.73 Å². The van der Waals surface area contributed by atoms with Crippen molar-refractivity contribution in [1.29, 1.82) is 0 Å². The first-order valence-electron chi connectivity index (χ1n) is 5.18. The molecular formula is C12H14FN3. The summed E-state index contributed by atoms with van der Waals surface area (Å²) in [4.78, 5) is 0. The number of aromatic nitrogens is 2. The van der Waals surface area contributed by atoms with Gasteiger partial charge >= 0.3 is 0 Å². The second-order valence-corrected chi connectivity index (χ2v) is 4.01. The van der Waals surface area contributed by atoms with Crippen molar-refractivity contribution in [3.8, 4) is 11.3 Å². The van der Waals surface area contributed by atoms with Crippen LogP contribution in [-0.4, -0.2) is 9.78 Å². The normalized spacial score (nSPS) is 11.0. The molecule has 0 saturated carbocycles. The number of hydrogen-bond acceptors (Lipinski definition) is 2. The molecule has 1 aromatic carbocycles. The van der Waals surface area contributed by atoms with Gasteiger partial charge in [-0.15, -0.1) is 0 Å². The van der Waals surface area contributed by atoms with Crippen molar-refractivity contribution >= 4 is 5.69 Å². The van der Waals surface area contributed by atoms with Gasteiger partial charge in [0.25, 0.3) is 0 Å². The zero-order valence-electron chi connectivity index (χ0n) is 9.31. The fourth-order valence-corrected chi connectivity index (χ4v) is 1.50. The first-order chi connectivity index (χ1) is 7.58. The minimum Gasteiger partial charge on any atom is -0.396 e. The Morgan fingerprint density at radius 1 is 1.25 bits per heavy atom. The largest absolute Gasteiger partial charge is 0.396 e. The quantitative estimate of drug-likeness (QED) is 0.844. The van der Waals surface area contributed by atoms with Crippen molar-refractivity contribution in [2.24, 2.45) is 0 Å². The van der Waals surface area contributed by atoms with Crippen LogP contribution in [0.1, 0.15) is 19.9 Å². The zero-order chi connectivity index (χ0) is 11.7. The molecule has 84 valence electrons. The molecule has 0 saturated heterocycles. The van der Waals surface area contributed by atoms with Gasteiger partial charge in [-0.2, -0.15) is 5.10 Å². The Balaban J connectivity index is 2.44. The van der Waals surface area contributed by atoms with Crippen molar-refractivity contribution in [3.05, 3.63) is 36.3 Å². The molecule has 0 bridgehead atoms. The van der Waals surface area contributed by atoms with Gasteiger partial charge in [0.1, 0.15) is 11.5 Å². The van der Waals surface area contributed by atoms with Gasteiger partial charge in [-0.05, 0) is 38.1 Å². The molecule has 0 atom stereocenters. The van der Waals surface area contributed by atoms with E-state index in [9.17, 15) is 4.39 Å².